The smallest absolute Gasteiger partial charge is 0.423 e. The van der Waals surface area contributed by atoms with Gasteiger partial charge in [-0.15, -0.1) is 13.2 Å². The molecule has 3 rings (SSSR count). The predicted molar refractivity (Wildman–Crippen MR) is 84.8 cm³/mol. The lowest BCUT2D eigenvalue weighted by atomic mass is 10.3. The first-order chi connectivity index (χ1) is 11.8. The molecule has 0 atom stereocenters. The second kappa shape index (κ2) is 6.52. The van der Waals surface area contributed by atoms with Gasteiger partial charge in [-0.05, 0) is 36.4 Å². The maximum atomic E-state index is 12.2. The van der Waals surface area contributed by atoms with Crippen LogP contribution in [0.3, 0.4) is 0 Å². The molecular formula is C15H9ClF3N3O3. The number of ether oxygens (including phenoxy) is 1. The number of benzene rings is 2. The average molecular weight is 372 g/mol. The zero-order chi connectivity index (χ0) is 18.0. The van der Waals surface area contributed by atoms with Crippen molar-refractivity contribution in [2.24, 2.45) is 0 Å². The molecule has 0 aliphatic carbocycles. The molecule has 2 amide bonds. The maximum absolute atomic E-state index is 12.2. The second-order valence-corrected chi connectivity index (χ2v) is 5.22. The lowest BCUT2D eigenvalue weighted by Gasteiger charge is -2.07. The van der Waals surface area contributed by atoms with E-state index in [1.165, 1.54) is 6.07 Å². The van der Waals surface area contributed by atoms with Crippen LogP contribution in [-0.4, -0.2) is 17.4 Å². The number of urea groups is 1. The standard InChI is InChI=1S/C15H9ClF3N3O3/c16-8-1-3-9(4-2-8)20-13(23)22-14-21-11-6-5-10(7-12(11)24-14)25-15(17,18)19/h1-7H,(H2,20,21,22,23). The number of hydrogen-bond donors (Lipinski definition) is 2. The summed E-state index contributed by atoms with van der Waals surface area (Å²) in [7, 11) is 0. The van der Waals surface area contributed by atoms with Gasteiger partial charge in [0.15, 0.2) is 5.58 Å². The highest BCUT2D eigenvalue weighted by Crippen LogP contribution is 2.28. The number of anilines is 2. The van der Waals surface area contributed by atoms with Crippen LogP contribution in [0.2, 0.25) is 5.02 Å². The summed E-state index contributed by atoms with van der Waals surface area (Å²) in [5.41, 5.74) is 0.777. The molecule has 0 aliphatic rings. The fraction of sp³-hybridized carbons (Fsp3) is 0.0667. The highest BCUT2D eigenvalue weighted by molar-refractivity contribution is 6.30. The number of rotatable bonds is 3. The highest BCUT2D eigenvalue weighted by Gasteiger charge is 2.31. The Bertz CT molecular complexity index is 910. The number of halogens is 4. The van der Waals surface area contributed by atoms with Crippen LogP contribution in [0.4, 0.5) is 29.7 Å². The van der Waals surface area contributed by atoms with Crippen LogP contribution < -0.4 is 15.4 Å². The SMILES string of the molecule is O=C(Nc1ccc(Cl)cc1)Nc1nc2ccc(OC(F)(F)F)cc2o1. The molecule has 0 fully saturated rings. The summed E-state index contributed by atoms with van der Waals surface area (Å²) in [6.45, 7) is 0. The summed E-state index contributed by atoms with van der Waals surface area (Å²) >= 11 is 5.74. The van der Waals surface area contributed by atoms with Gasteiger partial charge in [0.2, 0.25) is 0 Å². The van der Waals surface area contributed by atoms with Crippen LogP contribution in [0.5, 0.6) is 5.75 Å². The van der Waals surface area contributed by atoms with Gasteiger partial charge in [-0.2, -0.15) is 4.98 Å². The summed E-state index contributed by atoms with van der Waals surface area (Å²) < 4.78 is 45.6. The summed E-state index contributed by atoms with van der Waals surface area (Å²) in [4.78, 5) is 15.8. The number of hydrogen-bond acceptors (Lipinski definition) is 4. The van der Waals surface area contributed by atoms with Crippen molar-refractivity contribution >= 4 is 40.4 Å². The van der Waals surface area contributed by atoms with Crippen LogP contribution >= 0.6 is 11.6 Å². The van der Waals surface area contributed by atoms with Crippen molar-refractivity contribution in [3.8, 4) is 5.75 Å². The number of carbonyl (C=O) groups is 1. The van der Waals surface area contributed by atoms with Gasteiger partial charge < -0.3 is 14.5 Å². The quantitative estimate of drug-likeness (QED) is 0.677. The first kappa shape index (κ1) is 16.9. The molecule has 6 nitrogen and oxygen atoms in total. The number of amides is 2. The van der Waals surface area contributed by atoms with Gasteiger partial charge in [-0.1, -0.05) is 11.6 Å². The highest BCUT2D eigenvalue weighted by atomic mass is 35.5. The Morgan fingerprint density at radius 1 is 1.12 bits per heavy atom. The number of nitrogens with one attached hydrogen (secondary N) is 2. The Balaban J connectivity index is 1.71. The van der Waals surface area contributed by atoms with Crippen molar-refractivity contribution in [3.63, 3.8) is 0 Å². The Labute approximate surface area is 143 Å². The minimum atomic E-state index is -4.81. The first-order valence-corrected chi connectivity index (χ1v) is 7.16. The number of carbonyl (C=O) groups excluding carboxylic acids is 1. The van der Waals surface area contributed by atoms with Gasteiger partial charge >= 0.3 is 18.4 Å². The van der Waals surface area contributed by atoms with Crippen molar-refractivity contribution in [3.05, 3.63) is 47.5 Å². The van der Waals surface area contributed by atoms with Gasteiger partial charge in [-0.3, -0.25) is 5.32 Å². The van der Waals surface area contributed by atoms with Crippen molar-refractivity contribution < 1.29 is 27.1 Å². The number of nitrogens with zero attached hydrogens (tertiary/aromatic N) is 1. The van der Waals surface area contributed by atoms with E-state index in [1.807, 2.05) is 0 Å². The normalized spacial score (nSPS) is 11.4. The van der Waals surface area contributed by atoms with E-state index in [2.05, 4.69) is 20.4 Å². The molecule has 3 aromatic rings. The second-order valence-electron chi connectivity index (χ2n) is 4.78. The Hall–Kier alpha value is -2.94. The van der Waals surface area contributed by atoms with Crippen molar-refractivity contribution in [1.29, 1.82) is 0 Å². The van der Waals surface area contributed by atoms with Crippen molar-refractivity contribution in [2.75, 3.05) is 10.6 Å². The van der Waals surface area contributed by atoms with Gasteiger partial charge in [0.1, 0.15) is 11.3 Å². The van der Waals surface area contributed by atoms with Gasteiger partial charge in [0, 0.05) is 16.8 Å². The third-order valence-electron chi connectivity index (χ3n) is 2.92. The largest absolute Gasteiger partial charge is 0.573 e. The van der Waals surface area contributed by atoms with E-state index in [-0.39, 0.29) is 17.1 Å². The molecule has 0 spiro atoms. The molecule has 2 N–H and O–H groups in total. The van der Waals surface area contributed by atoms with Crippen molar-refractivity contribution in [2.45, 2.75) is 6.36 Å². The van der Waals surface area contributed by atoms with E-state index in [0.717, 1.165) is 12.1 Å². The maximum Gasteiger partial charge on any atom is 0.573 e. The van der Waals surface area contributed by atoms with Gasteiger partial charge in [0.25, 0.3) is 0 Å². The van der Waals surface area contributed by atoms with E-state index >= 15 is 0 Å². The summed E-state index contributed by atoms with van der Waals surface area (Å²) in [6.07, 6.45) is -4.81. The lowest BCUT2D eigenvalue weighted by molar-refractivity contribution is -0.274. The molecule has 0 unspecified atom stereocenters. The van der Waals surface area contributed by atoms with E-state index in [9.17, 15) is 18.0 Å². The van der Waals surface area contributed by atoms with Crippen LogP contribution in [0, 0.1) is 0 Å². The fourth-order valence-corrected chi connectivity index (χ4v) is 2.07. The molecular weight excluding hydrogens is 363 g/mol. The van der Waals surface area contributed by atoms with Crippen LogP contribution in [0.1, 0.15) is 0 Å². The fourth-order valence-electron chi connectivity index (χ4n) is 1.95. The van der Waals surface area contributed by atoms with E-state index in [0.29, 0.717) is 10.7 Å². The minimum Gasteiger partial charge on any atom is -0.423 e. The topological polar surface area (TPSA) is 76.4 Å². The third kappa shape index (κ3) is 4.54. The molecule has 2 aromatic carbocycles. The Morgan fingerprint density at radius 2 is 1.84 bits per heavy atom. The molecule has 0 bridgehead atoms. The van der Waals surface area contributed by atoms with Crippen LogP contribution in [0.15, 0.2) is 46.9 Å². The number of alkyl halides is 3. The van der Waals surface area contributed by atoms with E-state index in [4.69, 9.17) is 16.0 Å². The van der Waals surface area contributed by atoms with Gasteiger partial charge in [-0.25, -0.2) is 4.79 Å². The molecule has 1 aromatic heterocycles. The van der Waals surface area contributed by atoms with Crippen LogP contribution in [0.25, 0.3) is 11.1 Å². The Kier molecular flexibility index (Phi) is 4.41. The third-order valence-corrected chi connectivity index (χ3v) is 3.17. The molecule has 25 heavy (non-hydrogen) atoms. The van der Waals surface area contributed by atoms with E-state index in [1.54, 1.807) is 24.3 Å². The predicted octanol–water partition coefficient (Wildman–Crippen LogP) is 5.02. The first-order valence-electron chi connectivity index (χ1n) is 6.78. The van der Waals surface area contributed by atoms with Crippen molar-refractivity contribution in [1.82, 2.24) is 4.98 Å². The number of aromatic nitrogens is 1. The monoisotopic (exact) mass is 371 g/mol. The zero-order valence-electron chi connectivity index (χ0n) is 12.2. The van der Waals surface area contributed by atoms with E-state index < -0.39 is 18.1 Å². The molecule has 0 radical (unpaired) electrons. The number of fused-ring (bicyclic) bond motifs is 1. The number of oxazole rings is 1. The lowest BCUT2D eigenvalue weighted by Crippen LogP contribution is -2.19. The minimum absolute atomic E-state index is 0.0311. The Morgan fingerprint density at radius 3 is 2.52 bits per heavy atom. The average Bonchev–Trinajstić information content (AvgIpc) is 2.89. The van der Waals surface area contributed by atoms with Gasteiger partial charge in [0.05, 0.1) is 0 Å². The molecule has 0 aliphatic heterocycles. The van der Waals surface area contributed by atoms with Crippen LogP contribution in [-0.2, 0) is 0 Å². The molecule has 10 heteroatoms. The molecule has 130 valence electrons. The summed E-state index contributed by atoms with van der Waals surface area (Å²) in [6, 6.07) is 8.96. The summed E-state index contributed by atoms with van der Waals surface area (Å²) in [5, 5.41) is 5.38. The molecule has 0 saturated carbocycles. The molecule has 1 heterocycles. The zero-order valence-corrected chi connectivity index (χ0v) is 13.0. The molecule has 0 saturated heterocycles. The summed E-state index contributed by atoms with van der Waals surface area (Å²) in [5.74, 6) is -0.451.